The lowest BCUT2D eigenvalue weighted by molar-refractivity contribution is -0.387. The topological polar surface area (TPSA) is 80.5 Å². The molecule has 0 spiro atoms. The van der Waals surface area contributed by atoms with Crippen LogP contribution in [0.2, 0.25) is 0 Å². The molecule has 1 aromatic carbocycles. The van der Waals surface area contributed by atoms with Gasteiger partial charge in [-0.25, -0.2) is 8.42 Å². The van der Waals surface area contributed by atoms with Crippen molar-refractivity contribution in [2.45, 2.75) is 17.4 Å². The van der Waals surface area contributed by atoms with Gasteiger partial charge in [-0.3, -0.25) is 10.1 Å². The van der Waals surface area contributed by atoms with Crippen LogP contribution in [0.3, 0.4) is 0 Å². The summed E-state index contributed by atoms with van der Waals surface area (Å²) in [5.74, 6) is 0.440. The van der Waals surface area contributed by atoms with Crippen molar-refractivity contribution in [2.75, 3.05) is 18.6 Å². The zero-order chi connectivity index (χ0) is 14.9. The van der Waals surface area contributed by atoms with Gasteiger partial charge in [0.2, 0.25) is 15.8 Å². The van der Waals surface area contributed by atoms with Crippen LogP contribution in [-0.4, -0.2) is 42.2 Å². The van der Waals surface area contributed by atoms with Gasteiger partial charge >= 0.3 is 5.69 Å². The molecule has 9 heteroatoms. The Bertz CT molecular complexity index is 629. The summed E-state index contributed by atoms with van der Waals surface area (Å²) in [5, 5.41) is 10.5. The lowest BCUT2D eigenvalue weighted by Crippen LogP contribution is -2.37. The fourth-order valence-corrected chi connectivity index (χ4v) is 4.73. The maximum Gasteiger partial charge on any atom is 0.304 e. The molecule has 1 heterocycles. The number of benzene rings is 1. The second kappa shape index (κ2) is 5.66. The molecule has 6 nitrogen and oxygen atoms in total. The number of nitro benzene ring substituents is 1. The van der Waals surface area contributed by atoms with Crippen molar-refractivity contribution in [1.29, 1.82) is 0 Å². The summed E-state index contributed by atoms with van der Waals surface area (Å²) in [6.07, 6.45) is 0.746. The molecule has 20 heavy (non-hydrogen) atoms. The summed E-state index contributed by atoms with van der Waals surface area (Å²) in [4.78, 5) is 9.38. The van der Waals surface area contributed by atoms with E-state index in [0.717, 1.165) is 24.3 Å². The minimum atomic E-state index is -3.83. The highest BCUT2D eigenvalue weighted by Gasteiger charge is 2.31. The van der Waals surface area contributed by atoms with Gasteiger partial charge in [0, 0.05) is 31.0 Å². The largest absolute Gasteiger partial charge is 0.304 e. The molecule has 1 aliphatic rings. The number of nitro groups is 1. The van der Waals surface area contributed by atoms with Crippen LogP contribution in [0.15, 0.2) is 23.1 Å². The molecule has 0 N–H and O–H groups in total. The van der Waals surface area contributed by atoms with Crippen molar-refractivity contribution in [2.24, 2.45) is 0 Å². The monoisotopic (exact) mass is 320 g/mol. The van der Waals surface area contributed by atoms with E-state index in [2.05, 4.69) is 0 Å². The van der Waals surface area contributed by atoms with E-state index in [1.807, 2.05) is 0 Å². The third-order valence-corrected chi connectivity index (χ3v) is 6.26. The average molecular weight is 320 g/mol. The highest BCUT2D eigenvalue weighted by atomic mass is 32.2. The molecule has 0 radical (unpaired) electrons. The van der Waals surface area contributed by atoms with Crippen molar-refractivity contribution in [3.05, 3.63) is 34.1 Å². The normalized spacial score (nSPS) is 19.4. The van der Waals surface area contributed by atoms with Crippen LogP contribution in [0.4, 0.5) is 10.1 Å². The van der Waals surface area contributed by atoms with E-state index in [9.17, 15) is 22.9 Å². The molecule has 1 aliphatic heterocycles. The first-order valence-corrected chi connectivity index (χ1v) is 8.43. The van der Waals surface area contributed by atoms with Crippen molar-refractivity contribution in [3.8, 4) is 0 Å². The van der Waals surface area contributed by atoms with Crippen LogP contribution in [0, 0.1) is 15.9 Å². The van der Waals surface area contributed by atoms with Crippen LogP contribution in [0.5, 0.6) is 0 Å². The first-order valence-electron chi connectivity index (χ1n) is 5.84. The second-order valence-corrected chi connectivity index (χ2v) is 7.56. The smallest absolute Gasteiger partial charge is 0.258 e. The third-order valence-electron chi connectivity index (χ3n) is 3.21. The summed E-state index contributed by atoms with van der Waals surface area (Å²) in [6.45, 7) is 0. The van der Waals surface area contributed by atoms with Crippen LogP contribution in [0.1, 0.15) is 6.42 Å². The van der Waals surface area contributed by atoms with E-state index >= 15 is 0 Å². The molecule has 1 saturated heterocycles. The molecule has 0 bridgehead atoms. The molecule has 1 unspecified atom stereocenters. The van der Waals surface area contributed by atoms with E-state index in [-0.39, 0.29) is 10.9 Å². The number of sulfonamides is 1. The number of hydrogen-bond acceptors (Lipinski definition) is 5. The summed E-state index contributed by atoms with van der Waals surface area (Å²) in [7, 11) is -2.38. The van der Waals surface area contributed by atoms with Gasteiger partial charge in [0.1, 0.15) is 0 Å². The molecule has 2 rings (SSSR count). The van der Waals surface area contributed by atoms with Gasteiger partial charge in [0.15, 0.2) is 0 Å². The Labute approximate surface area is 120 Å². The average Bonchev–Trinajstić information content (AvgIpc) is 2.90. The van der Waals surface area contributed by atoms with Crippen LogP contribution >= 0.6 is 11.8 Å². The number of nitrogens with zero attached hydrogens (tertiary/aromatic N) is 2. The van der Waals surface area contributed by atoms with Gasteiger partial charge in [0.25, 0.3) is 0 Å². The zero-order valence-corrected chi connectivity index (χ0v) is 12.3. The first-order chi connectivity index (χ1) is 9.34. The maximum atomic E-state index is 13.5. The first kappa shape index (κ1) is 15.2. The van der Waals surface area contributed by atoms with Crippen molar-refractivity contribution in [1.82, 2.24) is 4.31 Å². The second-order valence-electron chi connectivity index (χ2n) is 4.41. The van der Waals surface area contributed by atoms with Gasteiger partial charge < -0.3 is 0 Å². The Morgan fingerprint density at radius 2 is 2.20 bits per heavy atom. The minimum Gasteiger partial charge on any atom is -0.258 e. The number of thioether (sulfide) groups is 1. The molecule has 110 valence electrons. The highest BCUT2D eigenvalue weighted by Crippen LogP contribution is 2.28. The third kappa shape index (κ3) is 2.79. The molecule has 0 amide bonds. The minimum absolute atomic E-state index is 0.122. The van der Waals surface area contributed by atoms with Gasteiger partial charge in [-0.15, -0.1) is 0 Å². The Kier molecular flexibility index (Phi) is 4.31. The Balaban J connectivity index is 2.34. The predicted octanol–water partition coefficient (Wildman–Crippen LogP) is 1.86. The van der Waals surface area contributed by atoms with E-state index < -0.39 is 26.5 Å². The summed E-state index contributed by atoms with van der Waals surface area (Å²) in [5.41, 5.74) is -0.733. The van der Waals surface area contributed by atoms with Crippen LogP contribution in [0.25, 0.3) is 0 Å². The fourth-order valence-electron chi connectivity index (χ4n) is 1.97. The molecule has 1 fully saturated rings. The van der Waals surface area contributed by atoms with Crippen molar-refractivity contribution < 1.29 is 17.7 Å². The number of hydrogen-bond donors (Lipinski definition) is 0. The molecule has 1 atom stereocenters. The standard InChI is InChI=1S/C11H13FN2O4S2/c1-13(8-4-5-19-7-8)20(17,18)9-2-3-11(14(15)16)10(12)6-9/h2-3,6,8H,4-5,7H2,1H3. The summed E-state index contributed by atoms with van der Waals surface area (Å²) in [6, 6.07) is 2.52. The zero-order valence-electron chi connectivity index (χ0n) is 10.7. The Hall–Kier alpha value is -1.19. The highest BCUT2D eigenvalue weighted by molar-refractivity contribution is 7.99. The van der Waals surface area contributed by atoms with Crippen LogP contribution in [-0.2, 0) is 10.0 Å². The van der Waals surface area contributed by atoms with Gasteiger partial charge in [-0.05, 0) is 18.2 Å². The fraction of sp³-hybridized carbons (Fsp3) is 0.455. The molecule has 0 aliphatic carbocycles. The van der Waals surface area contributed by atoms with Gasteiger partial charge in [-0.2, -0.15) is 20.5 Å². The number of halogens is 1. The summed E-state index contributed by atoms with van der Waals surface area (Å²) >= 11 is 1.66. The van der Waals surface area contributed by atoms with E-state index in [1.54, 1.807) is 11.8 Å². The lowest BCUT2D eigenvalue weighted by atomic mass is 10.3. The van der Waals surface area contributed by atoms with Crippen molar-refractivity contribution >= 4 is 27.5 Å². The predicted molar refractivity (Wildman–Crippen MR) is 73.7 cm³/mol. The number of rotatable bonds is 4. The quantitative estimate of drug-likeness (QED) is 0.625. The van der Waals surface area contributed by atoms with Gasteiger partial charge in [0.05, 0.1) is 9.82 Å². The van der Waals surface area contributed by atoms with E-state index in [1.165, 1.54) is 11.4 Å². The van der Waals surface area contributed by atoms with E-state index in [4.69, 9.17) is 0 Å². The molecule has 0 saturated carbocycles. The molecule has 0 aromatic heterocycles. The maximum absolute atomic E-state index is 13.5. The SMILES string of the molecule is CN(C1CCSC1)S(=O)(=O)c1ccc([N+](=O)[O-])c(F)c1. The molecular formula is C11H13FN2O4S2. The van der Waals surface area contributed by atoms with E-state index in [0.29, 0.717) is 11.8 Å². The van der Waals surface area contributed by atoms with Crippen molar-refractivity contribution in [3.63, 3.8) is 0 Å². The lowest BCUT2D eigenvalue weighted by Gasteiger charge is -2.23. The molecular weight excluding hydrogens is 307 g/mol. The van der Waals surface area contributed by atoms with Crippen LogP contribution < -0.4 is 0 Å². The van der Waals surface area contributed by atoms with Gasteiger partial charge in [-0.1, -0.05) is 0 Å². The molecule has 1 aromatic rings. The Morgan fingerprint density at radius 1 is 1.50 bits per heavy atom. The summed E-state index contributed by atoms with van der Waals surface area (Å²) < 4.78 is 39.4. The Morgan fingerprint density at radius 3 is 2.70 bits per heavy atom.